The number of thiophene rings is 1. The molecule has 0 saturated carbocycles. The molecule has 1 amide bonds. The third-order valence-corrected chi connectivity index (χ3v) is 6.34. The molecule has 206 valence electrons. The van der Waals surface area contributed by atoms with Crippen molar-refractivity contribution in [2.75, 3.05) is 26.0 Å². The van der Waals surface area contributed by atoms with Crippen molar-refractivity contribution in [2.24, 2.45) is 0 Å². The second kappa shape index (κ2) is 13.7. The van der Waals surface area contributed by atoms with Gasteiger partial charge < -0.3 is 20.3 Å². The van der Waals surface area contributed by atoms with Crippen LogP contribution in [0.15, 0.2) is 64.8 Å². The number of rotatable bonds is 8. The number of anilines is 1. The Balaban J connectivity index is 0.000000663. The summed E-state index contributed by atoms with van der Waals surface area (Å²) in [5.41, 5.74) is 2.14. The monoisotopic (exact) mass is 563 g/mol. The van der Waals surface area contributed by atoms with Crippen LogP contribution in [0, 0.1) is 11.3 Å². The van der Waals surface area contributed by atoms with Crippen LogP contribution in [0.2, 0.25) is 0 Å². The highest BCUT2D eigenvalue weighted by molar-refractivity contribution is 7.17. The predicted octanol–water partition coefficient (Wildman–Crippen LogP) is 2.88. The summed E-state index contributed by atoms with van der Waals surface area (Å²) in [5.74, 6) is -2.70. The summed E-state index contributed by atoms with van der Waals surface area (Å²) in [7, 11) is 3.35. The Labute approximate surface area is 232 Å². The van der Waals surface area contributed by atoms with Crippen LogP contribution in [-0.4, -0.2) is 63.2 Å². The number of nitriles is 1. The molecule has 40 heavy (non-hydrogen) atoms. The maximum absolute atomic E-state index is 13.4. The van der Waals surface area contributed by atoms with Gasteiger partial charge in [-0.2, -0.15) is 5.26 Å². The van der Waals surface area contributed by atoms with E-state index >= 15 is 0 Å². The standard InChI is InChI=1S/C25H23N5O3S.C2H2O4/c1-29(15-22(31)27-18-8-10-19(33-2)11-9-18)14-21-28-24-23(25(32)30(21)13-12-26)20(16-34-24)17-6-4-3-5-7-17;3-1(4)2(5)6/h3-11,16H,13-15H2,1-2H3,(H,27,31);(H,3,4)(H,5,6). The van der Waals surface area contributed by atoms with Crippen molar-refractivity contribution in [3.05, 3.63) is 76.2 Å². The van der Waals surface area contributed by atoms with Gasteiger partial charge in [-0.15, -0.1) is 11.3 Å². The maximum atomic E-state index is 13.4. The number of amides is 1. The molecule has 0 aliphatic rings. The summed E-state index contributed by atoms with van der Waals surface area (Å²) in [6.45, 7) is 0.209. The lowest BCUT2D eigenvalue weighted by atomic mass is 10.1. The van der Waals surface area contributed by atoms with Crippen molar-refractivity contribution in [2.45, 2.75) is 13.1 Å². The summed E-state index contributed by atoms with van der Waals surface area (Å²) in [5, 5.41) is 29.4. The summed E-state index contributed by atoms with van der Waals surface area (Å²) >= 11 is 1.39. The van der Waals surface area contributed by atoms with Gasteiger partial charge in [-0.05, 0) is 36.9 Å². The van der Waals surface area contributed by atoms with Crippen molar-refractivity contribution >= 4 is 45.1 Å². The number of nitrogens with one attached hydrogen (secondary N) is 1. The highest BCUT2D eigenvalue weighted by atomic mass is 32.1. The van der Waals surface area contributed by atoms with Crippen molar-refractivity contribution in [1.29, 1.82) is 5.26 Å². The molecule has 0 spiro atoms. The lowest BCUT2D eigenvalue weighted by Crippen LogP contribution is -2.33. The minimum Gasteiger partial charge on any atom is -0.497 e. The van der Waals surface area contributed by atoms with Gasteiger partial charge in [0.2, 0.25) is 5.91 Å². The number of likely N-dealkylation sites (N-methyl/N-ethyl adjacent to an activating group) is 1. The molecule has 0 radical (unpaired) electrons. The van der Waals surface area contributed by atoms with E-state index in [-0.39, 0.29) is 31.1 Å². The Morgan fingerprint density at radius 1 is 1.10 bits per heavy atom. The number of fused-ring (bicyclic) bond motifs is 1. The first-order valence-corrected chi connectivity index (χ1v) is 12.5. The number of methoxy groups -OCH3 is 1. The maximum Gasteiger partial charge on any atom is 0.414 e. The average molecular weight is 564 g/mol. The second-order valence-corrected chi connectivity index (χ2v) is 9.19. The molecule has 2 heterocycles. The summed E-state index contributed by atoms with van der Waals surface area (Å²) in [6.07, 6.45) is 0. The topological polar surface area (TPSA) is 175 Å². The van der Waals surface area contributed by atoms with Crippen LogP contribution < -0.4 is 15.6 Å². The van der Waals surface area contributed by atoms with Gasteiger partial charge in [0.25, 0.3) is 5.56 Å². The Morgan fingerprint density at radius 3 is 2.33 bits per heavy atom. The summed E-state index contributed by atoms with van der Waals surface area (Å²) in [6, 6.07) is 18.8. The van der Waals surface area contributed by atoms with E-state index in [4.69, 9.17) is 29.5 Å². The number of aliphatic carboxylic acids is 2. The second-order valence-electron chi connectivity index (χ2n) is 8.33. The molecule has 2 aromatic heterocycles. The number of ether oxygens (including phenoxy) is 1. The first-order chi connectivity index (χ1) is 19.1. The lowest BCUT2D eigenvalue weighted by molar-refractivity contribution is -0.159. The van der Waals surface area contributed by atoms with Crippen LogP contribution in [0.25, 0.3) is 21.3 Å². The van der Waals surface area contributed by atoms with Gasteiger partial charge in [-0.1, -0.05) is 30.3 Å². The molecule has 0 aliphatic heterocycles. The number of carbonyl (C=O) groups is 3. The van der Waals surface area contributed by atoms with Crippen molar-refractivity contribution < 1.29 is 29.3 Å². The number of carbonyl (C=O) groups excluding carboxylic acids is 1. The number of aromatic nitrogens is 2. The smallest absolute Gasteiger partial charge is 0.414 e. The molecule has 12 nitrogen and oxygen atoms in total. The van der Waals surface area contributed by atoms with Crippen LogP contribution in [0.5, 0.6) is 5.75 Å². The highest BCUT2D eigenvalue weighted by Crippen LogP contribution is 2.31. The Hall–Kier alpha value is -5.06. The van der Waals surface area contributed by atoms with Crippen LogP contribution in [0.1, 0.15) is 5.82 Å². The van der Waals surface area contributed by atoms with Gasteiger partial charge in [-0.3, -0.25) is 19.1 Å². The van der Waals surface area contributed by atoms with E-state index < -0.39 is 11.9 Å². The zero-order valence-electron chi connectivity index (χ0n) is 21.5. The molecular formula is C27H25N5O7S. The molecule has 4 aromatic rings. The minimum atomic E-state index is -1.82. The first kappa shape index (κ1) is 29.5. The van der Waals surface area contributed by atoms with Gasteiger partial charge in [0, 0.05) is 16.6 Å². The van der Waals surface area contributed by atoms with Crippen molar-refractivity contribution in [3.63, 3.8) is 0 Å². The average Bonchev–Trinajstić information content (AvgIpc) is 3.36. The minimum absolute atomic E-state index is 0.0895. The molecule has 3 N–H and O–H groups in total. The van der Waals surface area contributed by atoms with Crippen molar-refractivity contribution in [1.82, 2.24) is 14.5 Å². The van der Waals surface area contributed by atoms with Crippen LogP contribution in [0.3, 0.4) is 0 Å². The third-order valence-electron chi connectivity index (χ3n) is 5.47. The van der Waals surface area contributed by atoms with Gasteiger partial charge in [0.1, 0.15) is 22.9 Å². The van der Waals surface area contributed by atoms with E-state index in [0.717, 1.165) is 11.1 Å². The summed E-state index contributed by atoms with van der Waals surface area (Å²) in [4.78, 5) is 51.1. The van der Waals surface area contributed by atoms with Gasteiger partial charge >= 0.3 is 11.9 Å². The van der Waals surface area contributed by atoms with Crippen molar-refractivity contribution in [3.8, 4) is 22.9 Å². The lowest BCUT2D eigenvalue weighted by Gasteiger charge is -2.18. The molecule has 0 fully saturated rings. The number of benzene rings is 2. The zero-order valence-corrected chi connectivity index (χ0v) is 22.3. The number of carboxylic acids is 2. The van der Waals surface area contributed by atoms with Crippen LogP contribution in [-0.2, 0) is 27.5 Å². The molecule has 0 unspecified atom stereocenters. The Morgan fingerprint density at radius 2 is 1.75 bits per heavy atom. The number of hydrogen-bond acceptors (Lipinski definition) is 9. The van der Waals surface area contributed by atoms with Gasteiger partial charge in [0.15, 0.2) is 0 Å². The van der Waals surface area contributed by atoms with Crippen LogP contribution in [0.4, 0.5) is 5.69 Å². The molecule has 0 aliphatic carbocycles. The SMILES string of the molecule is COc1ccc(NC(=O)CN(C)Cc2nc3scc(-c4ccccc4)c3c(=O)n2CC#N)cc1.O=C(O)C(=O)O. The van der Waals surface area contributed by atoms with Gasteiger partial charge in [-0.25, -0.2) is 14.6 Å². The van der Waals surface area contributed by atoms with Crippen LogP contribution >= 0.6 is 11.3 Å². The molecule has 13 heteroatoms. The molecule has 2 aromatic carbocycles. The van der Waals surface area contributed by atoms with E-state index in [9.17, 15) is 14.9 Å². The fraction of sp³-hybridized carbons (Fsp3) is 0.185. The number of nitrogens with zero attached hydrogens (tertiary/aromatic N) is 4. The van der Waals surface area contributed by atoms with E-state index in [1.165, 1.54) is 15.9 Å². The van der Waals surface area contributed by atoms with E-state index in [1.54, 1.807) is 43.3 Å². The largest absolute Gasteiger partial charge is 0.497 e. The number of carboxylic acid groups (broad SMARTS) is 2. The zero-order chi connectivity index (χ0) is 29.2. The predicted molar refractivity (Wildman–Crippen MR) is 148 cm³/mol. The molecule has 0 atom stereocenters. The fourth-order valence-corrected chi connectivity index (χ4v) is 4.63. The molecule has 0 saturated heterocycles. The molecule has 4 rings (SSSR count). The third kappa shape index (κ3) is 7.50. The Kier molecular flexibility index (Phi) is 10.1. The quantitative estimate of drug-likeness (QED) is 0.270. The fourth-order valence-electron chi connectivity index (χ4n) is 3.67. The number of hydrogen-bond donors (Lipinski definition) is 3. The highest BCUT2D eigenvalue weighted by Gasteiger charge is 2.18. The Bertz CT molecular complexity index is 1600. The summed E-state index contributed by atoms with van der Waals surface area (Å²) < 4.78 is 6.51. The normalized spacial score (nSPS) is 10.3. The molecule has 0 bridgehead atoms. The van der Waals surface area contributed by atoms with E-state index in [1.807, 2.05) is 35.7 Å². The van der Waals surface area contributed by atoms with E-state index in [2.05, 4.69) is 11.4 Å². The first-order valence-electron chi connectivity index (χ1n) is 11.7. The van der Waals surface area contributed by atoms with Gasteiger partial charge in [0.05, 0.1) is 31.7 Å². The van der Waals surface area contributed by atoms with E-state index in [0.29, 0.717) is 27.5 Å². The molecular weight excluding hydrogens is 538 g/mol.